The van der Waals surface area contributed by atoms with E-state index in [9.17, 15) is 0 Å². The van der Waals surface area contributed by atoms with Crippen LogP contribution in [0.15, 0.2) is 42.5 Å². The molecule has 1 fully saturated rings. The van der Waals surface area contributed by atoms with Gasteiger partial charge in [0.15, 0.2) is 0 Å². The predicted molar refractivity (Wildman–Crippen MR) is 81.5 cm³/mol. The van der Waals surface area contributed by atoms with Crippen LogP contribution < -0.4 is 5.32 Å². The van der Waals surface area contributed by atoms with Crippen LogP contribution in [0.1, 0.15) is 24.0 Å². The smallest absolute Gasteiger partial charge is 0.0451 e. The zero-order valence-corrected chi connectivity index (χ0v) is 11.9. The second kappa shape index (κ2) is 5.36. The Morgan fingerprint density at radius 3 is 2.42 bits per heavy atom. The Morgan fingerprint density at radius 2 is 1.74 bits per heavy atom. The summed E-state index contributed by atoms with van der Waals surface area (Å²) in [5, 5.41) is 4.37. The summed E-state index contributed by atoms with van der Waals surface area (Å²) in [5.74, 6) is 0. The number of halogens is 1. The second-order valence-electron chi connectivity index (χ2n) is 5.33. The van der Waals surface area contributed by atoms with Gasteiger partial charge in [0, 0.05) is 17.6 Å². The van der Waals surface area contributed by atoms with Crippen molar-refractivity contribution in [3.8, 4) is 11.1 Å². The molecule has 0 aliphatic heterocycles. The first kappa shape index (κ1) is 12.7. The van der Waals surface area contributed by atoms with Gasteiger partial charge in [-0.3, -0.25) is 0 Å². The van der Waals surface area contributed by atoms with Crippen molar-refractivity contribution >= 4 is 11.6 Å². The van der Waals surface area contributed by atoms with Gasteiger partial charge in [0.2, 0.25) is 0 Å². The molecule has 1 saturated carbocycles. The normalized spacial score (nSPS) is 14.6. The van der Waals surface area contributed by atoms with E-state index in [4.69, 9.17) is 11.6 Å². The number of hydrogen-bond acceptors (Lipinski definition) is 1. The van der Waals surface area contributed by atoms with Gasteiger partial charge in [-0.2, -0.15) is 0 Å². The minimum atomic E-state index is 0.707. The number of nitrogens with one attached hydrogen (secondary N) is 1. The van der Waals surface area contributed by atoms with Crippen LogP contribution in [0.5, 0.6) is 0 Å². The summed E-state index contributed by atoms with van der Waals surface area (Å²) >= 11 is 6.27. The molecule has 0 radical (unpaired) electrons. The SMILES string of the molecule is Cc1ccc(-c2ccc(Cl)c(CNC3CC3)c2)cc1. The number of benzene rings is 2. The molecule has 3 rings (SSSR count). The lowest BCUT2D eigenvalue weighted by atomic mass is 10.0. The molecule has 19 heavy (non-hydrogen) atoms. The summed E-state index contributed by atoms with van der Waals surface area (Å²) in [4.78, 5) is 0. The van der Waals surface area contributed by atoms with Crippen LogP contribution >= 0.6 is 11.6 Å². The fourth-order valence-electron chi connectivity index (χ4n) is 2.18. The van der Waals surface area contributed by atoms with E-state index in [0.29, 0.717) is 6.04 Å². The van der Waals surface area contributed by atoms with Crippen LogP contribution in [-0.4, -0.2) is 6.04 Å². The fourth-order valence-corrected chi connectivity index (χ4v) is 2.36. The molecular weight excluding hydrogens is 254 g/mol. The van der Waals surface area contributed by atoms with E-state index in [1.54, 1.807) is 0 Å². The van der Waals surface area contributed by atoms with Gasteiger partial charge in [-0.05, 0) is 48.6 Å². The molecule has 0 heterocycles. The minimum Gasteiger partial charge on any atom is -0.310 e. The van der Waals surface area contributed by atoms with Gasteiger partial charge in [-0.25, -0.2) is 0 Å². The van der Waals surface area contributed by atoms with Crippen molar-refractivity contribution in [2.45, 2.75) is 32.4 Å². The van der Waals surface area contributed by atoms with Crippen LogP contribution in [-0.2, 0) is 6.54 Å². The number of aryl methyl sites for hydroxylation is 1. The Balaban J connectivity index is 1.84. The van der Waals surface area contributed by atoms with E-state index in [1.165, 1.54) is 35.1 Å². The van der Waals surface area contributed by atoms with Gasteiger partial charge < -0.3 is 5.32 Å². The number of hydrogen-bond donors (Lipinski definition) is 1. The van der Waals surface area contributed by atoms with Gasteiger partial charge in [-0.1, -0.05) is 47.5 Å². The molecular formula is C17H18ClN. The van der Waals surface area contributed by atoms with Crippen molar-refractivity contribution in [2.24, 2.45) is 0 Å². The maximum Gasteiger partial charge on any atom is 0.0451 e. The highest BCUT2D eigenvalue weighted by atomic mass is 35.5. The summed E-state index contributed by atoms with van der Waals surface area (Å²) in [6.07, 6.45) is 2.60. The molecule has 1 aliphatic rings. The van der Waals surface area contributed by atoms with Crippen molar-refractivity contribution in [1.82, 2.24) is 5.32 Å². The summed E-state index contributed by atoms with van der Waals surface area (Å²) in [6, 6.07) is 15.6. The molecule has 2 heteroatoms. The topological polar surface area (TPSA) is 12.0 Å². The Hall–Kier alpha value is -1.31. The van der Waals surface area contributed by atoms with Gasteiger partial charge in [0.1, 0.15) is 0 Å². The average Bonchev–Trinajstić information content (AvgIpc) is 3.23. The van der Waals surface area contributed by atoms with Crippen molar-refractivity contribution in [3.63, 3.8) is 0 Å². The third-order valence-corrected chi connectivity index (χ3v) is 3.96. The third-order valence-electron chi connectivity index (χ3n) is 3.59. The van der Waals surface area contributed by atoms with Crippen LogP contribution in [0.25, 0.3) is 11.1 Å². The van der Waals surface area contributed by atoms with Crippen molar-refractivity contribution in [2.75, 3.05) is 0 Å². The maximum atomic E-state index is 6.27. The maximum absolute atomic E-state index is 6.27. The molecule has 1 N–H and O–H groups in total. The highest BCUT2D eigenvalue weighted by Gasteiger charge is 2.20. The molecule has 0 unspecified atom stereocenters. The molecule has 0 spiro atoms. The molecule has 0 saturated heterocycles. The van der Waals surface area contributed by atoms with E-state index in [0.717, 1.165) is 11.6 Å². The van der Waals surface area contributed by atoms with Crippen LogP contribution in [0.2, 0.25) is 5.02 Å². The molecule has 2 aromatic rings. The first-order valence-corrected chi connectivity index (χ1v) is 7.19. The Bertz CT molecular complexity index is 570. The van der Waals surface area contributed by atoms with Gasteiger partial charge in [-0.15, -0.1) is 0 Å². The third kappa shape index (κ3) is 3.17. The summed E-state index contributed by atoms with van der Waals surface area (Å²) in [7, 11) is 0. The molecule has 98 valence electrons. The molecule has 0 amide bonds. The van der Waals surface area contributed by atoms with Crippen LogP contribution in [0.4, 0.5) is 0 Å². The Morgan fingerprint density at radius 1 is 1.05 bits per heavy atom. The Kier molecular flexibility index (Phi) is 3.58. The van der Waals surface area contributed by atoms with Gasteiger partial charge in [0.05, 0.1) is 0 Å². The molecule has 0 atom stereocenters. The lowest BCUT2D eigenvalue weighted by Crippen LogP contribution is -2.15. The summed E-state index contributed by atoms with van der Waals surface area (Å²) in [5.41, 5.74) is 4.95. The zero-order chi connectivity index (χ0) is 13.2. The summed E-state index contributed by atoms with van der Waals surface area (Å²) < 4.78 is 0. The minimum absolute atomic E-state index is 0.707. The van der Waals surface area contributed by atoms with Crippen molar-refractivity contribution in [3.05, 3.63) is 58.6 Å². The van der Waals surface area contributed by atoms with Crippen molar-refractivity contribution < 1.29 is 0 Å². The van der Waals surface area contributed by atoms with Gasteiger partial charge >= 0.3 is 0 Å². The van der Waals surface area contributed by atoms with E-state index in [1.807, 2.05) is 6.07 Å². The first-order chi connectivity index (χ1) is 9.22. The molecule has 0 bridgehead atoms. The monoisotopic (exact) mass is 271 g/mol. The Labute approximate surface area is 119 Å². The molecule has 0 aromatic heterocycles. The predicted octanol–water partition coefficient (Wildman–Crippen LogP) is 4.57. The zero-order valence-electron chi connectivity index (χ0n) is 11.1. The average molecular weight is 272 g/mol. The lowest BCUT2D eigenvalue weighted by Gasteiger charge is -2.09. The van der Waals surface area contributed by atoms with Crippen LogP contribution in [0.3, 0.4) is 0 Å². The first-order valence-electron chi connectivity index (χ1n) is 6.81. The van der Waals surface area contributed by atoms with E-state index in [-0.39, 0.29) is 0 Å². The highest BCUT2D eigenvalue weighted by Crippen LogP contribution is 2.27. The highest BCUT2D eigenvalue weighted by molar-refractivity contribution is 6.31. The quantitative estimate of drug-likeness (QED) is 0.859. The van der Waals surface area contributed by atoms with Crippen LogP contribution in [0, 0.1) is 6.92 Å². The largest absolute Gasteiger partial charge is 0.310 e. The lowest BCUT2D eigenvalue weighted by molar-refractivity contribution is 0.688. The standard InChI is InChI=1S/C17H18ClN/c1-12-2-4-13(5-3-12)14-6-9-17(18)15(10-14)11-19-16-7-8-16/h2-6,9-10,16,19H,7-8,11H2,1H3. The van der Waals surface area contributed by atoms with Gasteiger partial charge in [0.25, 0.3) is 0 Å². The molecule has 1 aliphatic carbocycles. The van der Waals surface area contributed by atoms with E-state index < -0.39 is 0 Å². The van der Waals surface area contributed by atoms with Crippen molar-refractivity contribution in [1.29, 1.82) is 0 Å². The number of rotatable bonds is 4. The van der Waals surface area contributed by atoms with E-state index >= 15 is 0 Å². The molecule has 2 aromatic carbocycles. The van der Waals surface area contributed by atoms with E-state index in [2.05, 4.69) is 48.6 Å². The molecule has 1 nitrogen and oxygen atoms in total. The fraction of sp³-hybridized carbons (Fsp3) is 0.294. The second-order valence-corrected chi connectivity index (χ2v) is 5.73. The summed E-state index contributed by atoms with van der Waals surface area (Å²) in [6.45, 7) is 2.97.